The Balaban J connectivity index is 1.88. The molecule has 5 heteroatoms. The quantitative estimate of drug-likeness (QED) is 0.559. The molecule has 0 fully saturated rings. The summed E-state index contributed by atoms with van der Waals surface area (Å²) in [6, 6.07) is 13.6. The fraction of sp³-hybridized carbons (Fsp3) is 0.211. The molecule has 124 valence electrons. The number of carbonyl (C=O) groups excluding carboxylic acids is 1. The Labute approximate surface area is 155 Å². The van der Waals surface area contributed by atoms with Gasteiger partial charge in [0.05, 0.1) is 11.1 Å². The van der Waals surface area contributed by atoms with Gasteiger partial charge in [0.25, 0.3) is 5.91 Å². The number of aryl methyl sites for hydroxylation is 1. The van der Waals surface area contributed by atoms with E-state index in [0.717, 1.165) is 22.1 Å². The number of carbonyl (C=O) groups is 1. The molecule has 1 aromatic heterocycles. The second kappa shape index (κ2) is 7.14. The van der Waals surface area contributed by atoms with Gasteiger partial charge < -0.3 is 5.32 Å². The van der Waals surface area contributed by atoms with Gasteiger partial charge in [-0.2, -0.15) is 0 Å². The molecular weight excluding hydrogens is 361 g/mol. The van der Waals surface area contributed by atoms with Crippen LogP contribution < -0.4 is 5.32 Å². The van der Waals surface area contributed by atoms with Crippen LogP contribution >= 0.6 is 34.5 Å². The van der Waals surface area contributed by atoms with Gasteiger partial charge in [0, 0.05) is 15.1 Å². The number of fused-ring (bicyclic) bond motifs is 1. The Bertz CT molecular complexity index is 886. The number of amides is 1. The second-order valence-corrected chi connectivity index (χ2v) is 7.60. The number of hydrogen-bond donors (Lipinski definition) is 1. The van der Waals surface area contributed by atoms with E-state index in [-0.39, 0.29) is 11.9 Å². The van der Waals surface area contributed by atoms with Gasteiger partial charge in [-0.1, -0.05) is 66.0 Å². The van der Waals surface area contributed by atoms with Crippen molar-refractivity contribution in [2.45, 2.75) is 26.3 Å². The average molecular weight is 378 g/mol. The molecule has 0 saturated carbocycles. The standard InChI is InChI=1S/C19H17Cl2NOS/c1-3-15(12-6-4-11(2)5-7-12)22-19(23)18-17(21)14-9-8-13(20)10-16(14)24-18/h4-10,15H,3H2,1-2H3,(H,22,23)/t15-/m0/s1. The molecule has 24 heavy (non-hydrogen) atoms. The number of hydrogen-bond acceptors (Lipinski definition) is 2. The van der Waals surface area contributed by atoms with Crippen LogP contribution in [0.1, 0.15) is 40.2 Å². The lowest BCUT2D eigenvalue weighted by Gasteiger charge is -2.17. The van der Waals surface area contributed by atoms with Crippen LogP contribution in [-0.2, 0) is 0 Å². The van der Waals surface area contributed by atoms with E-state index in [2.05, 4.69) is 36.5 Å². The van der Waals surface area contributed by atoms with Crippen LogP contribution in [0.5, 0.6) is 0 Å². The van der Waals surface area contributed by atoms with Crippen molar-refractivity contribution < 1.29 is 4.79 Å². The second-order valence-electron chi connectivity index (χ2n) is 5.73. The van der Waals surface area contributed by atoms with Gasteiger partial charge >= 0.3 is 0 Å². The summed E-state index contributed by atoms with van der Waals surface area (Å²) in [5, 5.41) is 5.08. The van der Waals surface area contributed by atoms with E-state index in [1.807, 2.05) is 19.1 Å². The van der Waals surface area contributed by atoms with Gasteiger partial charge in [-0.15, -0.1) is 11.3 Å². The Morgan fingerprint density at radius 3 is 2.54 bits per heavy atom. The van der Waals surface area contributed by atoms with E-state index >= 15 is 0 Å². The lowest BCUT2D eigenvalue weighted by atomic mass is 10.0. The van der Waals surface area contributed by atoms with Crippen molar-refractivity contribution in [3.8, 4) is 0 Å². The minimum absolute atomic E-state index is 0.0389. The van der Waals surface area contributed by atoms with E-state index in [0.29, 0.717) is 14.9 Å². The Morgan fingerprint density at radius 1 is 1.17 bits per heavy atom. The van der Waals surface area contributed by atoms with Crippen molar-refractivity contribution in [2.75, 3.05) is 0 Å². The zero-order chi connectivity index (χ0) is 17.3. The Kier molecular flexibility index (Phi) is 5.14. The predicted octanol–water partition coefficient (Wildman–Crippen LogP) is 6.40. The summed E-state index contributed by atoms with van der Waals surface area (Å²) < 4.78 is 0.918. The molecule has 0 aliphatic heterocycles. The first-order valence-corrected chi connectivity index (χ1v) is 9.31. The molecule has 0 radical (unpaired) electrons. The van der Waals surface area contributed by atoms with E-state index in [4.69, 9.17) is 23.2 Å². The molecule has 1 N–H and O–H groups in total. The lowest BCUT2D eigenvalue weighted by Crippen LogP contribution is -2.27. The monoisotopic (exact) mass is 377 g/mol. The smallest absolute Gasteiger partial charge is 0.263 e. The minimum atomic E-state index is -0.148. The largest absolute Gasteiger partial charge is 0.345 e. The number of nitrogens with one attached hydrogen (secondary N) is 1. The van der Waals surface area contributed by atoms with Crippen molar-refractivity contribution in [3.05, 3.63) is 68.5 Å². The molecule has 0 spiro atoms. The van der Waals surface area contributed by atoms with Gasteiger partial charge in [0.15, 0.2) is 0 Å². The molecular formula is C19H17Cl2NOS. The van der Waals surface area contributed by atoms with Crippen LogP contribution in [0.25, 0.3) is 10.1 Å². The molecule has 2 aromatic carbocycles. The van der Waals surface area contributed by atoms with E-state index in [9.17, 15) is 4.79 Å². The molecule has 3 aromatic rings. The molecule has 2 nitrogen and oxygen atoms in total. The molecule has 0 unspecified atom stereocenters. The first-order valence-electron chi connectivity index (χ1n) is 7.74. The van der Waals surface area contributed by atoms with E-state index in [1.54, 1.807) is 6.07 Å². The normalized spacial score (nSPS) is 12.3. The maximum absolute atomic E-state index is 12.7. The summed E-state index contributed by atoms with van der Waals surface area (Å²) >= 11 is 13.8. The first-order chi connectivity index (χ1) is 11.5. The number of thiophene rings is 1. The zero-order valence-electron chi connectivity index (χ0n) is 13.4. The van der Waals surface area contributed by atoms with Crippen molar-refractivity contribution in [1.82, 2.24) is 5.32 Å². The number of halogens is 2. The third-order valence-corrected chi connectivity index (χ3v) is 5.88. The summed E-state index contributed by atoms with van der Waals surface area (Å²) in [7, 11) is 0. The third-order valence-electron chi connectivity index (χ3n) is 3.99. The number of benzene rings is 2. The highest BCUT2D eigenvalue weighted by Crippen LogP contribution is 2.37. The lowest BCUT2D eigenvalue weighted by molar-refractivity contribution is 0.0940. The van der Waals surface area contributed by atoms with Crippen molar-refractivity contribution in [1.29, 1.82) is 0 Å². The van der Waals surface area contributed by atoms with Crippen LogP contribution in [0.2, 0.25) is 10.0 Å². The highest BCUT2D eigenvalue weighted by Gasteiger charge is 2.20. The summed E-state index contributed by atoms with van der Waals surface area (Å²) in [6.45, 7) is 4.10. The number of rotatable bonds is 4. The van der Waals surface area contributed by atoms with Gasteiger partial charge in [-0.25, -0.2) is 0 Å². The zero-order valence-corrected chi connectivity index (χ0v) is 15.7. The maximum Gasteiger partial charge on any atom is 0.263 e. The molecule has 3 rings (SSSR count). The summed E-state index contributed by atoms with van der Waals surface area (Å²) in [6.07, 6.45) is 0.809. The van der Waals surface area contributed by atoms with Crippen LogP contribution in [-0.4, -0.2) is 5.91 Å². The molecule has 0 aliphatic carbocycles. The Morgan fingerprint density at radius 2 is 1.88 bits per heavy atom. The molecule has 1 heterocycles. The molecule has 1 amide bonds. The molecule has 0 bridgehead atoms. The van der Waals surface area contributed by atoms with Crippen molar-refractivity contribution in [2.24, 2.45) is 0 Å². The van der Waals surface area contributed by atoms with Crippen molar-refractivity contribution >= 4 is 50.5 Å². The van der Waals surface area contributed by atoms with E-state index < -0.39 is 0 Å². The fourth-order valence-corrected chi connectivity index (χ4v) is 4.32. The SMILES string of the molecule is CC[C@H](NC(=O)c1sc2cc(Cl)ccc2c1Cl)c1ccc(C)cc1. The minimum Gasteiger partial charge on any atom is -0.345 e. The van der Waals surface area contributed by atoms with Gasteiger partial charge in [-0.3, -0.25) is 4.79 Å². The van der Waals surface area contributed by atoms with Crippen LogP contribution in [0.3, 0.4) is 0 Å². The van der Waals surface area contributed by atoms with Gasteiger partial charge in [-0.05, 0) is 31.0 Å². The summed E-state index contributed by atoms with van der Waals surface area (Å²) in [5.74, 6) is -0.148. The van der Waals surface area contributed by atoms with Crippen LogP contribution in [0, 0.1) is 6.92 Å². The Hall–Kier alpha value is -1.55. The summed E-state index contributed by atoms with van der Waals surface area (Å²) in [4.78, 5) is 13.2. The molecule has 0 aliphatic rings. The third kappa shape index (κ3) is 3.44. The average Bonchev–Trinajstić information content (AvgIpc) is 2.89. The summed E-state index contributed by atoms with van der Waals surface area (Å²) in [5.41, 5.74) is 2.29. The highest BCUT2D eigenvalue weighted by molar-refractivity contribution is 7.21. The fourth-order valence-electron chi connectivity index (χ4n) is 2.63. The maximum atomic E-state index is 12.7. The first kappa shape index (κ1) is 17.3. The topological polar surface area (TPSA) is 29.1 Å². The molecule has 1 atom stereocenters. The van der Waals surface area contributed by atoms with Gasteiger partial charge in [0.1, 0.15) is 4.88 Å². The van der Waals surface area contributed by atoms with Crippen LogP contribution in [0.4, 0.5) is 0 Å². The predicted molar refractivity (Wildman–Crippen MR) is 104 cm³/mol. The molecule has 0 saturated heterocycles. The van der Waals surface area contributed by atoms with Crippen LogP contribution in [0.15, 0.2) is 42.5 Å². The highest BCUT2D eigenvalue weighted by atomic mass is 35.5. The van der Waals surface area contributed by atoms with E-state index in [1.165, 1.54) is 16.9 Å². The van der Waals surface area contributed by atoms with Crippen molar-refractivity contribution in [3.63, 3.8) is 0 Å². The van der Waals surface area contributed by atoms with Gasteiger partial charge in [0.2, 0.25) is 0 Å².